The molecule has 0 bridgehead atoms. The van der Waals surface area contributed by atoms with E-state index < -0.39 is 0 Å². The minimum atomic E-state index is 0.504. The van der Waals surface area contributed by atoms with Crippen LogP contribution in [0, 0.1) is 29.2 Å². The van der Waals surface area contributed by atoms with E-state index in [2.05, 4.69) is 116 Å². The van der Waals surface area contributed by atoms with E-state index in [4.69, 9.17) is 21.6 Å². The van der Waals surface area contributed by atoms with Crippen LogP contribution in [0.25, 0.3) is 103 Å². The van der Waals surface area contributed by atoms with Crippen molar-refractivity contribution in [2.24, 2.45) is 0 Å². The first-order valence-electron chi connectivity index (χ1n) is 25.4. The Labute approximate surface area is 570 Å². The molecule has 0 saturated carbocycles. The maximum Gasteiger partial charge on any atom is 0.569 e. The summed E-state index contributed by atoms with van der Waals surface area (Å²) in [6.07, 6.45) is 6.05. The van der Waals surface area contributed by atoms with E-state index in [0.717, 1.165) is 126 Å². The van der Waals surface area contributed by atoms with Gasteiger partial charge in [-0.3, -0.25) is 9.59 Å². The number of fused-ring (bicyclic) bond motifs is 3. The number of thiophene rings is 8. The van der Waals surface area contributed by atoms with Crippen LogP contribution in [0.1, 0.15) is 43.7 Å². The number of halogens is 2. The standard InChI is InChI=1S/C28H14N4S5.C16H10N2O2S3.C6H2Br2N2S.C6H5NS.C5H4BO3S/c1-30-22(26-5-3-13-34-26)15-19-7-11-25(36-19)21-9-8-20(27-28(21)32-37-31-27)24-10-6-18(35-24)14-17(16-29)23-4-2-12-33-23;1-20-14-7-6-13(22-14)11-4-3-10(15-16(11)18-23-17-15)12-5-2-9(8-19)21-12;7-3-1-2-4(8)6-5(3)9-11-10-6;7-4-3-6-2-1-5-8-6;7-3-4-1-2-5(10-4)9-6-8/h2-15H;2-8H,1H3;1-2H;1-2,5H,3H2;1-3,8H/b17-14+,22-15-;;;;. The zero-order valence-electron chi connectivity index (χ0n) is 45.4. The monoisotopic (exact) mass is 1490 g/mol. The van der Waals surface area contributed by atoms with Crippen molar-refractivity contribution in [3.63, 3.8) is 0 Å². The molecule has 437 valence electrons. The Kier molecular flexibility index (Phi) is 23.1. The molecule has 0 aliphatic carbocycles. The lowest BCUT2D eigenvalue weighted by atomic mass is 10.1. The van der Waals surface area contributed by atoms with Gasteiger partial charge in [0.2, 0.25) is 5.70 Å². The lowest BCUT2D eigenvalue weighted by Crippen LogP contribution is -1.97. The topological polar surface area (TPSA) is 202 Å². The molecule has 1 N–H and O–H groups in total. The van der Waals surface area contributed by atoms with Gasteiger partial charge >= 0.3 is 7.69 Å². The fourth-order valence-electron chi connectivity index (χ4n) is 8.07. The summed E-state index contributed by atoms with van der Waals surface area (Å²) >= 11 is 22.7. The predicted molar refractivity (Wildman–Crippen MR) is 381 cm³/mol. The van der Waals surface area contributed by atoms with Crippen LogP contribution in [0.4, 0.5) is 0 Å². The average molecular weight is 1500 g/mol. The highest BCUT2D eigenvalue weighted by Gasteiger charge is 2.19. The van der Waals surface area contributed by atoms with Gasteiger partial charge in [-0.05, 0) is 145 Å². The van der Waals surface area contributed by atoms with Crippen molar-refractivity contribution in [3.8, 4) is 64.0 Å². The Hall–Kier alpha value is -7.41. The smallest absolute Gasteiger partial charge is 0.530 e. The van der Waals surface area contributed by atoms with Crippen LogP contribution in [0.2, 0.25) is 0 Å². The molecule has 89 heavy (non-hydrogen) atoms. The fourth-order valence-corrected chi connectivity index (χ4v) is 17.2. The van der Waals surface area contributed by atoms with Gasteiger partial charge in [-0.25, -0.2) is 4.85 Å². The third-order valence-corrected chi connectivity index (χ3v) is 22.8. The number of hydrogen-bond donors (Lipinski definition) is 1. The molecule has 0 spiro atoms. The van der Waals surface area contributed by atoms with E-state index in [9.17, 15) is 14.9 Å². The van der Waals surface area contributed by atoms with Crippen molar-refractivity contribution in [2.45, 2.75) is 6.42 Å². The Morgan fingerprint density at radius 2 is 1.00 bits per heavy atom. The lowest BCUT2D eigenvalue weighted by molar-refractivity contribution is 0.111. The molecule has 0 saturated heterocycles. The molecule has 0 unspecified atom stereocenters. The molecule has 1 radical (unpaired) electrons. The number of carbonyl (C=O) groups is 2. The second-order valence-electron chi connectivity index (χ2n) is 17.5. The Morgan fingerprint density at radius 3 is 1.44 bits per heavy atom. The second kappa shape index (κ2) is 31.9. The first kappa shape index (κ1) is 64.6. The molecule has 0 aliphatic rings. The Balaban J connectivity index is 0.000000141. The number of nitrogens with zero attached hydrogens (tertiary/aromatic N) is 9. The minimum absolute atomic E-state index is 0.504. The SMILES string of the molecule is Brc1ccc(Br)c2nsnc12.COc1ccc(-c2ccc(-c3ccc(C=O)s3)c3nsnc23)s1.N#CCc1cccs1.O=Cc1ccc(O[B]O)s1.[C-]#[N+]/C(=C\c1ccc(-c2ccc(-c3ccc(/C=C(\C#N)c4cccs4)s3)c3nsnc23)s1)c1cccs1. The Bertz CT molecular complexity index is 4710. The van der Waals surface area contributed by atoms with Crippen LogP contribution >= 0.6 is 158 Å². The van der Waals surface area contributed by atoms with Crippen molar-refractivity contribution >= 4 is 235 Å². The van der Waals surface area contributed by atoms with Crippen molar-refractivity contribution in [1.29, 1.82) is 10.5 Å². The lowest BCUT2D eigenvalue weighted by Gasteiger charge is -2.03. The predicted octanol–water partition coefficient (Wildman–Crippen LogP) is 20.2. The van der Waals surface area contributed by atoms with Gasteiger partial charge in [0.25, 0.3) is 0 Å². The summed E-state index contributed by atoms with van der Waals surface area (Å²) in [6, 6.07) is 47.7. The van der Waals surface area contributed by atoms with Crippen LogP contribution in [0.3, 0.4) is 0 Å². The number of carbonyl (C=O) groups excluding carboxylic acids is 2. The van der Waals surface area contributed by atoms with E-state index in [-0.39, 0.29) is 0 Å². The summed E-state index contributed by atoms with van der Waals surface area (Å²) in [6.45, 7) is 7.57. The molecule has 0 aliphatic heterocycles. The summed E-state index contributed by atoms with van der Waals surface area (Å²) in [5, 5.41) is 33.3. The van der Waals surface area contributed by atoms with Gasteiger partial charge in [-0.15, -0.1) is 56.7 Å². The molecule has 11 aromatic heterocycles. The number of allylic oxidation sites excluding steroid dienone is 1. The number of rotatable bonds is 14. The van der Waals surface area contributed by atoms with Gasteiger partial charge in [0, 0.05) is 75.1 Å². The third-order valence-electron chi connectivity index (χ3n) is 12.1. The molecule has 14 rings (SSSR count). The van der Waals surface area contributed by atoms with Gasteiger partial charge in [-0.1, -0.05) is 71.2 Å². The summed E-state index contributed by atoms with van der Waals surface area (Å²) in [5.74, 6) is 0. The highest BCUT2D eigenvalue weighted by Crippen LogP contribution is 2.43. The van der Waals surface area contributed by atoms with Gasteiger partial charge < -0.3 is 14.4 Å². The van der Waals surface area contributed by atoms with E-state index in [1.54, 1.807) is 87.3 Å². The third kappa shape index (κ3) is 16.1. The van der Waals surface area contributed by atoms with Crippen LogP contribution in [-0.4, -0.2) is 58.6 Å². The Morgan fingerprint density at radius 1 is 0.551 bits per heavy atom. The number of methoxy groups -OCH3 is 1. The quantitative estimate of drug-likeness (QED) is 0.0467. The van der Waals surface area contributed by atoms with Crippen molar-refractivity contribution < 1.29 is 24.0 Å². The number of hydrogen-bond acceptors (Lipinski definition) is 24. The van der Waals surface area contributed by atoms with Crippen LogP contribution in [0.15, 0.2) is 159 Å². The van der Waals surface area contributed by atoms with E-state index >= 15 is 0 Å². The number of aromatic nitrogens is 6. The summed E-state index contributed by atoms with van der Waals surface area (Å²) < 4.78 is 38.3. The zero-order chi connectivity index (χ0) is 62.1. The normalized spacial score (nSPS) is 10.9. The molecule has 14 aromatic rings. The number of ether oxygens (including phenoxy) is 1. The molecular weight excluding hydrogens is 1460 g/mol. The highest BCUT2D eigenvalue weighted by atomic mass is 79.9. The van der Waals surface area contributed by atoms with Gasteiger partial charge in [0.1, 0.15) is 39.2 Å². The van der Waals surface area contributed by atoms with Crippen LogP contribution < -0.4 is 9.39 Å². The van der Waals surface area contributed by atoms with E-state index in [1.165, 1.54) is 57.9 Å². The van der Waals surface area contributed by atoms with E-state index in [1.807, 2.05) is 113 Å². The molecule has 3 aromatic carbocycles. The van der Waals surface area contributed by atoms with Gasteiger partial charge in [-0.2, -0.15) is 48.1 Å². The van der Waals surface area contributed by atoms with Crippen LogP contribution in [-0.2, 0) is 6.42 Å². The first-order chi connectivity index (χ1) is 43.6. The fraction of sp³-hybridized carbons (Fsp3) is 0.0328. The van der Waals surface area contributed by atoms with Crippen molar-refractivity contribution in [2.75, 3.05) is 7.11 Å². The molecule has 14 nitrogen and oxygen atoms in total. The van der Waals surface area contributed by atoms with Crippen molar-refractivity contribution in [3.05, 3.63) is 204 Å². The summed E-state index contributed by atoms with van der Waals surface area (Å²) in [4.78, 5) is 35.5. The van der Waals surface area contributed by atoms with Gasteiger partial charge in [0.15, 0.2) is 22.7 Å². The molecule has 0 fully saturated rings. The highest BCUT2D eigenvalue weighted by molar-refractivity contribution is 9.11. The number of nitriles is 2. The molecule has 0 atom stereocenters. The largest absolute Gasteiger partial charge is 0.569 e. The van der Waals surface area contributed by atoms with E-state index in [0.29, 0.717) is 40.2 Å². The minimum Gasteiger partial charge on any atom is -0.530 e. The molecule has 11 heterocycles. The molecule has 0 amide bonds. The average Bonchev–Trinajstić information content (AvgIpc) is 1.84. The molecule has 28 heteroatoms. The molecular formula is C61H35BBr2N9O5S11. The zero-order valence-corrected chi connectivity index (χ0v) is 57.5. The first-order valence-corrected chi connectivity index (χ1v) is 35.9. The second-order valence-corrected chi connectivity index (χ2v) is 29.2. The number of aldehydes is 2. The van der Waals surface area contributed by atoms with Gasteiger partial charge in [0.05, 0.1) is 76.7 Å². The number of benzene rings is 3. The maximum absolute atomic E-state index is 10.9. The summed E-state index contributed by atoms with van der Waals surface area (Å²) in [5.41, 5.74) is 10.8. The van der Waals surface area contributed by atoms with Crippen molar-refractivity contribution in [1.82, 2.24) is 26.2 Å². The summed E-state index contributed by atoms with van der Waals surface area (Å²) in [7, 11) is 2.25. The van der Waals surface area contributed by atoms with Crippen LogP contribution in [0.5, 0.6) is 10.1 Å². The maximum atomic E-state index is 10.9.